The van der Waals surface area contributed by atoms with E-state index in [1.54, 1.807) is 0 Å². The molecule has 1 heteroatoms. The lowest BCUT2D eigenvalue weighted by molar-refractivity contribution is 0.550. The number of rotatable bonds is 6. The van der Waals surface area contributed by atoms with Gasteiger partial charge in [-0.3, -0.25) is 0 Å². The van der Waals surface area contributed by atoms with Gasteiger partial charge < -0.3 is 5.32 Å². The molecule has 1 nitrogen and oxygen atoms in total. The molecule has 0 saturated carbocycles. The van der Waals surface area contributed by atoms with Gasteiger partial charge in [0, 0.05) is 12.0 Å². The van der Waals surface area contributed by atoms with Gasteiger partial charge in [0.25, 0.3) is 0 Å². The molecule has 0 radical (unpaired) electrons. The summed E-state index contributed by atoms with van der Waals surface area (Å²) in [7, 11) is 0. The van der Waals surface area contributed by atoms with Crippen LogP contribution in [0, 0.1) is 0 Å². The third kappa shape index (κ3) is 2.97. The Morgan fingerprint density at radius 2 is 1.31 bits per heavy atom. The molecule has 0 amide bonds. The summed E-state index contributed by atoms with van der Waals surface area (Å²) in [6.45, 7) is 5.61. The highest BCUT2D eigenvalue weighted by Crippen LogP contribution is 2.48. The number of hydrogen-bond acceptors (Lipinski definition) is 1. The number of hydrogen-bond donors (Lipinski definition) is 1. The van der Waals surface area contributed by atoms with Gasteiger partial charge in [0.1, 0.15) is 0 Å². The summed E-state index contributed by atoms with van der Waals surface area (Å²) in [5.41, 5.74) is 8.48. The minimum Gasteiger partial charge on any atom is -0.310 e. The molecule has 0 fully saturated rings. The van der Waals surface area contributed by atoms with Gasteiger partial charge in [-0.1, -0.05) is 86.1 Å². The molecule has 132 valence electrons. The maximum atomic E-state index is 3.71. The summed E-state index contributed by atoms with van der Waals surface area (Å²) in [6, 6.07) is 27.1. The summed E-state index contributed by atoms with van der Waals surface area (Å²) >= 11 is 0. The van der Waals surface area contributed by atoms with E-state index in [0.717, 1.165) is 6.54 Å². The molecule has 3 aromatic rings. The maximum Gasteiger partial charge on any atom is 0.0355 e. The summed E-state index contributed by atoms with van der Waals surface area (Å²) in [5, 5.41) is 3.71. The average molecular weight is 341 g/mol. The molecule has 1 aliphatic rings. The summed E-state index contributed by atoms with van der Waals surface area (Å²) in [6.07, 6.45) is 2.45. The Kier molecular flexibility index (Phi) is 4.90. The van der Waals surface area contributed by atoms with Crippen molar-refractivity contribution in [2.75, 3.05) is 6.54 Å². The second-order valence-electron chi connectivity index (χ2n) is 7.27. The van der Waals surface area contributed by atoms with Crippen LogP contribution in [0.3, 0.4) is 0 Å². The van der Waals surface area contributed by atoms with Gasteiger partial charge in [-0.15, -0.1) is 0 Å². The lowest BCUT2D eigenvalue weighted by Gasteiger charge is -2.23. The maximum absolute atomic E-state index is 3.71. The molecule has 0 heterocycles. The molecule has 26 heavy (non-hydrogen) atoms. The summed E-state index contributed by atoms with van der Waals surface area (Å²) < 4.78 is 0. The molecule has 3 aromatic carbocycles. The van der Waals surface area contributed by atoms with Crippen LogP contribution in [0.5, 0.6) is 0 Å². The molecule has 1 N–H and O–H groups in total. The molecular formula is C25H27N. The van der Waals surface area contributed by atoms with Gasteiger partial charge in [0.05, 0.1) is 0 Å². The molecule has 0 saturated heterocycles. The first-order chi connectivity index (χ1) is 12.8. The van der Waals surface area contributed by atoms with Gasteiger partial charge in [0.2, 0.25) is 0 Å². The third-order valence-electron chi connectivity index (χ3n) is 5.59. The Bertz CT molecular complexity index is 850. The highest BCUT2D eigenvalue weighted by atomic mass is 14.9. The Labute approximate surface area is 157 Å². The van der Waals surface area contributed by atoms with Crippen LogP contribution in [0.15, 0.2) is 72.8 Å². The van der Waals surface area contributed by atoms with Gasteiger partial charge in [-0.25, -0.2) is 0 Å². The molecule has 0 bridgehead atoms. The Morgan fingerprint density at radius 3 is 1.92 bits per heavy atom. The van der Waals surface area contributed by atoms with Crippen LogP contribution < -0.4 is 5.32 Å². The second-order valence-corrected chi connectivity index (χ2v) is 7.27. The molecule has 0 aromatic heterocycles. The van der Waals surface area contributed by atoms with Crippen LogP contribution in [0.25, 0.3) is 11.1 Å². The van der Waals surface area contributed by atoms with E-state index in [1.165, 1.54) is 46.2 Å². The van der Waals surface area contributed by atoms with Crippen molar-refractivity contribution in [3.63, 3.8) is 0 Å². The fraction of sp³-hybridized carbons (Fsp3) is 0.280. The normalized spacial score (nSPS) is 14.1. The lowest BCUT2D eigenvalue weighted by atomic mass is 9.84. The summed E-state index contributed by atoms with van der Waals surface area (Å²) in [4.78, 5) is 0. The van der Waals surface area contributed by atoms with E-state index in [4.69, 9.17) is 0 Å². The van der Waals surface area contributed by atoms with E-state index >= 15 is 0 Å². The van der Waals surface area contributed by atoms with E-state index < -0.39 is 0 Å². The van der Waals surface area contributed by atoms with Crippen molar-refractivity contribution in [3.8, 4) is 11.1 Å². The van der Waals surface area contributed by atoms with Gasteiger partial charge in [-0.2, -0.15) is 0 Å². The smallest absolute Gasteiger partial charge is 0.0355 e. The van der Waals surface area contributed by atoms with Crippen molar-refractivity contribution < 1.29 is 0 Å². The zero-order chi connectivity index (χ0) is 17.9. The Morgan fingerprint density at radius 1 is 0.769 bits per heavy atom. The highest BCUT2D eigenvalue weighted by Gasteiger charge is 2.31. The number of benzene rings is 3. The van der Waals surface area contributed by atoms with E-state index in [1.807, 2.05) is 0 Å². The Balaban J connectivity index is 1.79. The monoisotopic (exact) mass is 341 g/mol. The van der Waals surface area contributed by atoms with Gasteiger partial charge in [-0.05, 0) is 53.3 Å². The molecule has 0 spiro atoms. The fourth-order valence-corrected chi connectivity index (χ4v) is 4.26. The zero-order valence-electron chi connectivity index (χ0n) is 15.7. The van der Waals surface area contributed by atoms with Gasteiger partial charge >= 0.3 is 0 Å². The molecule has 4 rings (SSSR count). The number of nitrogens with one attached hydrogen (secondary N) is 1. The van der Waals surface area contributed by atoms with E-state index in [9.17, 15) is 0 Å². The van der Waals surface area contributed by atoms with Crippen molar-refractivity contribution in [3.05, 3.63) is 95.1 Å². The number of fused-ring (bicyclic) bond motifs is 3. The van der Waals surface area contributed by atoms with Crippen LogP contribution in [-0.4, -0.2) is 6.54 Å². The molecular weight excluding hydrogens is 314 g/mol. The lowest BCUT2D eigenvalue weighted by Crippen LogP contribution is -2.21. The molecule has 1 atom stereocenters. The SMILES string of the molecule is CCCCNC(C)c1ccccc1C1c2ccccc2-c2ccccc21. The predicted molar refractivity (Wildman–Crippen MR) is 111 cm³/mol. The van der Waals surface area contributed by atoms with Crippen LogP contribution in [-0.2, 0) is 0 Å². The van der Waals surface area contributed by atoms with Crippen molar-refractivity contribution in [1.29, 1.82) is 0 Å². The second kappa shape index (κ2) is 7.47. The van der Waals surface area contributed by atoms with E-state index in [-0.39, 0.29) is 0 Å². The highest BCUT2D eigenvalue weighted by molar-refractivity contribution is 5.80. The minimum absolute atomic E-state index is 0.328. The molecule has 1 unspecified atom stereocenters. The first kappa shape index (κ1) is 17.1. The minimum atomic E-state index is 0.328. The summed E-state index contributed by atoms with van der Waals surface area (Å²) in [5.74, 6) is 0.328. The van der Waals surface area contributed by atoms with E-state index in [0.29, 0.717) is 12.0 Å². The van der Waals surface area contributed by atoms with Crippen molar-refractivity contribution in [2.24, 2.45) is 0 Å². The van der Waals surface area contributed by atoms with E-state index in [2.05, 4.69) is 92.0 Å². The number of unbranched alkanes of at least 4 members (excludes halogenated alkanes) is 1. The Hall–Kier alpha value is -2.38. The predicted octanol–water partition coefficient (Wildman–Crippen LogP) is 6.30. The molecule has 0 aliphatic heterocycles. The largest absolute Gasteiger partial charge is 0.310 e. The third-order valence-corrected chi connectivity index (χ3v) is 5.59. The first-order valence-electron chi connectivity index (χ1n) is 9.81. The van der Waals surface area contributed by atoms with Gasteiger partial charge in [0.15, 0.2) is 0 Å². The fourth-order valence-electron chi connectivity index (χ4n) is 4.26. The van der Waals surface area contributed by atoms with Crippen molar-refractivity contribution in [2.45, 2.75) is 38.6 Å². The molecule has 1 aliphatic carbocycles. The zero-order valence-corrected chi connectivity index (χ0v) is 15.7. The van der Waals surface area contributed by atoms with Crippen molar-refractivity contribution >= 4 is 0 Å². The van der Waals surface area contributed by atoms with Crippen LogP contribution in [0.1, 0.15) is 60.9 Å². The quantitative estimate of drug-likeness (QED) is 0.406. The van der Waals surface area contributed by atoms with Crippen LogP contribution >= 0.6 is 0 Å². The van der Waals surface area contributed by atoms with Crippen LogP contribution in [0.4, 0.5) is 0 Å². The average Bonchev–Trinajstić information content (AvgIpc) is 3.02. The first-order valence-corrected chi connectivity index (χ1v) is 9.81. The van der Waals surface area contributed by atoms with Crippen LogP contribution in [0.2, 0.25) is 0 Å². The topological polar surface area (TPSA) is 12.0 Å². The standard InChI is InChI=1S/C25H27N/c1-3-4-17-26-18(2)19-11-5-8-14-22(19)25-23-15-9-6-12-20(23)21-13-7-10-16-24(21)25/h5-16,18,25-26H,3-4,17H2,1-2H3. The van der Waals surface area contributed by atoms with Crippen molar-refractivity contribution in [1.82, 2.24) is 5.32 Å².